The quantitative estimate of drug-likeness (QED) is 0.462. The molecule has 0 fully saturated rings. The molecular weight excluding hydrogens is 376 g/mol. The number of H-pyrrole nitrogens is 1. The van der Waals surface area contributed by atoms with Gasteiger partial charge in [0.25, 0.3) is 0 Å². The molecule has 0 saturated heterocycles. The van der Waals surface area contributed by atoms with Crippen LogP contribution >= 0.6 is 0 Å². The fraction of sp³-hybridized carbons (Fsp3) is 0.292. The zero-order valence-corrected chi connectivity index (χ0v) is 18.8. The second-order valence-corrected chi connectivity index (χ2v) is 7.75. The van der Waals surface area contributed by atoms with E-state index in [2.05, 4.69) is 23.0 Å². The lowest BCUT2D eigenvalue weighted by molar-refractivity contribution is 0.362. The first kappa shape index (κ1) is 23.4. The second-order valence-electron chi connectivity index (χ2n) is 7.75. The lowest BCUT2D eigenvalue weighted by atomic mass is 9.75. The Balaban J connectivity index is 2.55. The van der Waals surface area contributed by atoms with Crippen LogP contribution in [0.5, 0.6) is 0 Å². The molecule has 0 spiro atoms. The van der Waals surface area contributed by atoms with Crippen LogP contribution in [0.1, 0.15) is 37.9 Å². The van der Waals surface area contributed by atoms with Crippen molar-refractivity contribution < 1.29 is 8.81 Å². The molecule has 0 saturated carbocycles. The number of hydrogen-bond donors (Lipinski definition) is 1. The van der Waals surface area contributed by atoms with E-state index in [1.54, 1.807) is 24.3 Å². The van der Waals surface area contributed by atoms with Gasteiger partial charge < -0.3 is 14.3 Å². The van der Waals surface area contributed by atoms with Crippen molar-refractivity contribution in [3.63, 3.8) is 0 Å². The molecule has 2 rings (SSSR count). The third kappa shape index (κ3) is 5.19. The van der Waals surface area contributed by atoms with Gasteiger partial charge in [-0.2, -0.15) is 0 Å². The number of aromatic amines is 1. The van der Waals surface area contributed by atoms with Gasteiger partial charge in [-0.1, -0.05) is 43.5 Å². The van der Waals surface area contributed by atoms with Crippen LogP contribution in [-0.4, -0.2) is 42.4 Å². The van der Waals surface area contributed by atoms with E-state index in [1.807, 2.05) is 46.2 Å². The fourth-order valence-corrected chi connectivity index (χ4v) is 3.40. The number of rotatable bonds is 9. The van der Waals surface area contributed by atoms with Crippen LogP contribution in [0, 0.1) is 0 Å². The summed E-state index contributed by atoms with van der Waals surface area (Å²) < 4.78 is 20.9. The summed E-state index contributed by atoms with van der Waals surface area (Å²) in [6.07, 6.45) is 8.93. The first-order chi connectivity index (χ1) is 14.2. The van der Waals surface area contributed by atoms with Crippen LogP contribution in [-0.2, 0) is 6.54 Å². The maximum atomic E-state index is 14.8. The lowest BCUT2D eigenvalue weighted by Gasteiger charge is -2.20. The van der Waals surface area contributed by atoms with Gasteiger partial charge in [-0.05, 0) is 58.1 Å². The number of furan rings is 1. The topological polar surface area (TPSA) is 45.1 Å². The number of allylic oxidation sites excluding steroid dienone is 8. The van der Waals surface area contributed by atoms with Crippen LogP contribution in [0.4, 0.5) is 4.39 Å². The normalized spacial score (nSPS) is 15.4. The molecule has 2 heterocycles. The maximum absolute atomic E-state index is 14.8. The highest BCUT2D eigenvalue weighted by Gasteiger charge is 2.27. The molecule has 158 valence electrons. The largest absolute Gasteiger partial charge is 0.453 e. The van der Waals surface area contributed by atoms with E-state index in [0.29, 0.717) is 35.0 Å². The minimum atomic E-state index is -1.52. The number of hydrogen-bond acceptors (Lipinski definition) is 3. The molecule has 1 N–H and O–H groups in total. The van der Waals surface area contributed by atoms with Crippen molar-refractivity contribution in [1.29, 1.82) is 0 Å². The number of alkyl halides is 1. The van der Waals surface area contributed by atoms with Crippen molar-refractivity contribution in [3.05, 3.63) is 78.4 Å². The van der Waals surface area contributed by atoms with E-state index in [0.717, 1.165) is 17.0 Å². The van der Waals surface area contributed by atoms with Gasteiger partial charge in [0.15, 0.2) is 19.4 Å². The highest BCUT2D eigenvalue weighted by molar-refractivity contribution is 6.18. The molecule has 6 heteroatoms. The molecule has 0 amide bonds. The average molecular weight is 407 g/mol. The van der Waals surface area contributed by atoms with Crippen LogP contribution < -0.4 is 0 Å². The average Bonchev–Trinajstić information content (AvgIpc) is 3.29. The van der Waals surface area contributed by atoms with E-state index < -0.39 is 5.57 Å². The number of nitrogens with zero attached hydrogens (tertiary/aromatic N) is 2. The fourth-order valence-electron chi connectivity index (χ4n) is 3.40. The zero-order valence-electron chi connectivity index (χ0n) is 18.8. The Kier molecular flexibility index (Phi) is 7.62. The molecule has 4 nitrogen and oxygen atoms in total. The predicted octanol–water partition coefficient (Wildman–Crippen LogP) is 5.16. The minimum Gasteiger partial charge on any atom is -0.453 e. The number of aromatic nitrogens is 2. The highest BCUT2D eigenvalue weighted by atomic mass is 19.1. The van der Waals surface area contributed by atoms with Crippen molar-refractivity contribution in [2.45, 2.75) is 32.9 Å². The van der Waals surface area contributed by atoms with Crippen molar-refractivity contribution in [3.8, 4) is 11.6 Å². The standard InChI is InChI=1S/C24H31BFN3O/c1-8-12-17(18(11-4)24(5,25)26)20-13-14-21(30-20)23-27-19(15-29(6)7)22(28-23)16(9-2)10-3/h8-14H,1-2,15,25H2,3-7H3,(H,27,28)/b16-10+,17-12+,18-11+. The molecule has 1 atom stereocenters. The van der Waals surface area contributed by atoms with Gasteiger partial charge in [-0.25, -0.2) is 9.37 Å². The van der Waals surface area contributed by atoms with Crippen molar-refractivity contribution in [2.75, 3.05) is 14.1 Å². The molecule has 0 aliphatic heterocycles. The van der Waals surface area contributed by atoms with Crippen LogP contribution in [0.25, 0.3) is 22.7 Å². The Bertz CT molecular complexity index is 1000. The summed E-state index contributed by atoms with van der Waals surface area (Å²) in [5, 5.41) is 0. The van der Waals surface area contributed by atoms with Gasteiger partial charge in [0.2, 0.25) is 0 Å². The van der Waals surface area contributed by atoms with Crippen LogP contribution in [0.3, 0.4) is 0 Å². The molecule has 0 aliphatic carbocycles. The summed E-state index contributed by atoms with van der Waals surface area (Å²) in [7, 11) is 5.54. The van der Waals surface area contributed by atoms with Crippen LogP contribution in [0.15, 0.2) is 65.7 Å². The minimum absolute atomic E-state index is 0.541. The molecule has 2 aromatic rings. The molecule has 0 bridgehead atoms. The van der Waals surface area contributed by atoms with Crippen molar-refractivity contribution in [2.24, 2.45) is 0 Å². The third-order valence-corrected chi connectivity index (χ3v) is 4.67. The highest BCUT2D eigenvalue weighted by Crippen LogP contribution is 2.35. The number of halogens is 1. The van der Waals surface area contributed by atoms with Gasteiger partial charge in [-0.15, -0.1) is 0 Å². The van der Waals surface area contributed by atoms with Crippen LogP contribution in [0.2, 0.25) is 0 Å². The summed E-state index contributed by atoms with van der Waals surface area (Å²) in [5.41, 5.74) is 2.45. The summed E-state index contributed by atoms with van der Waals surface area (Å²) in [5.74, 6) is 1.76. The summed E-state index contributed by atoms with van der Waals surface area (Å²) in [6, 6.07) is 3.67. The van der Waals surface area contributed by atoms with E-state index in [1.165, 1.54) is 14.8 Å². The molecule has 2 aromatic heterocycles. The Morgan fingerprint density at radius 1 is 1.30 bits per heavy atom. The van der Waals surface area contributed by atoms with Gasteiger partial charge in [0, 0.05) is 12.1 Å². The van der Waals surface area contributed by atoms with E-state index in [-0.39, 0.29) is 0 Å². The summed E-state index contributed by atoms with van der Waals surface area (Å²) in [4.78, 5) is 10.2. The third-order valence-electron chi connectivity index (χ3n) is 4.67. The Morgan fingerprint density at radius 3 is 2.50 bits per heavy atom. The Morgan fingerprint density at radius 2 is 2.00 bits per heavy atom. The number of imidazole rings is 1. The molecule has 0 aromatic carbocycles. The second kappa shape index (κ2) is 9.76. The van der Waals surface area contributed by atoms with Crippen molar-refractivity contribution in [1.82, 2.24) is 14.9 Å². The molecule has 1 unspecified atom stereocenters. The van der Waals surface area contributed by atoms with Gasteiger partial charge in [-0.3, -0.25) is 0 Å². The number of nitrogens with one attached hydrogen (secondary N) is 1. The van der Waals surface area contributed by atoms with E-state index in [9.17, 15) is 4.39 Å². The summed E-state index contributed by atoms with van der Waals surface area (Å²) in [6.45, 7) is 13.7. The first-order valence-electron chi connectivity index (χ1n) is 9.98. The van der Waals surface area contributed by atoms with Gasteiger partial charge >= 0.3 is 0 Å². The van der Waals surface area contributed by atoms with E-state index in [4.69, 9.17) is 9.40 Å². The molecule has 0 radical (unpaired) electrons. The first-order valence-corrected chi connectivity index (χ1v) is 9.98. The SMILES string of the molecule is BC(C)(F)C(=C/C)/C(=C\C=C)c1ccc(-c2nc(/C(C=C)=C/C)c(CN(C)C)[nH]2)o1. The summed E-state index contributed by atoms with van der Waals surface area (Å²) >= 11 is 0. The van der Waals surface area contributed by atoms with Gasteiger partial charge in [0.1, 0.15) is 5.76 Å². The predicted molar refractivity (Wildman–Crippen MR) is 128 cm³/mol. The molecule has 30 heavy (non-hydrogen) atoms. The maximum Gasteiger partial charge on any atom is 0.174 e. The molecule has 0 aliphatic rings. The van der Waals surface area contributed by atoms with Crippen molar-refractivity contribution >= 4 is 19.0 Å². The van der Waals surface area contributed by atoms with E-state index >= 15 is 0 Å². The monoisotopic (exact) mass is 407 g/mol. The van der Waals surface area contributed by atoms with Gasteiger partial charge in [0.05, 0.1) is 17.0 Å². The Labute approximate surface area is 180 Å². The Hall–Kier alpha value is -2.86. The lowest BCUT2D eigenvalue weighted by Crippen LogP contribution is -2.22. The molecular formula is C24H31BFN3O. The zero-order chi connectivity index (χ0) is 22.5. The smallest absolute Gasteiger partial charge is 0.174 e.